The minimum Gasteiger partial charge on any atom is -0.273 e. The number of benzene rings is 2. The van der Waals surface area contributed by atoms with Crippen LogP contribution in [-0.4, -0.2) is 11.1 Å². The van der Waals surface area contributed by atoms with Crippen LogP contribution < -0.4 is 4.90 Å². The first-order valence-corrected chi connectivity index (χ1v) is 5.72. The SMILES string of the molecule is O=C(Cl)C(=O)N(c1ccccc1)c1ccccc1. The molecule has 0 unspecified atom stereocenters. The van der Waals surface area contributed by atoms with Crippen molar-refractivity contribution in [2.24, 2.45) is 0 Å². The Kier molecular flexibility index (Phi) is 3.75. The summed E-state index contributed by atoms with van der Waals surface area (Å²) in [4.78, 5) is 24.3. The zero-order valence-electron chi connectivity index (χ0n) is 9.42. The Hall–Kier alpha value is -2.13. The van der Waals surface area contributed by atoms with Gasteiger partial charge in [0.05, 0.1) is 0 Å². The van der Waals surface area contributed by atoms with Crippen molar-refractivity contribution in [1.82, 2.24) is 0 Å². The van der Waals surface area contributed by atoms with E-state index in [0.717, 1.165) is 0 Å². The second-order valence-corrected chi connectivity index (χ2v) is 3.93. The molecule has 18 heavy (non-hydrogen) atoms. The maximum absolute atomic E-state index is 11.9. The van der Waals surface area contributed by atoms with Gasteiger partial charge < -0.3 is 0 Å². The lowest BCUT2D eigenvalue weighted by Gasteiger charge is -2.20. The molecule has 0 radical (unpaired) electrons. The van der Waals surface area contributed by atoms with Crippen molar-refractivity contribution in [2.75, 3.05) is 4.90 Å². The molecule has 0 aliphatic carbocycles. The van der Waals surface area contributed by atoms with Crippen LogP contribution in [0.2, 0.25) is 0 Å². The van der Waals surface area contributed by atoms with Gasteiger partial charge in [0.25, 0.3) is 0 Å². The fourth-order valence-corrected chi connectivity index (χ4v) is 1.71. The molecule has 2 rings (SSSR count). The summed E-state index contributed by atoms with van der Waals surface area (Å²) in [6.07, 6.45) is 0. The predicted molar refractivity (Wildman–Crippen MR) is 70.9 cm³/mol. The van der Waals surface area contributed by atoms with E-state index >= 15 is 0 Å². The molecule has 0 N–H and O–H groups in total. The van der Waals surface area contributed by atoms with Gasteiger partial charge in [-0.25, -0.2) is 0 Å². The van der Waals surface area contributed by atoms with E-state index in [1.165, 1.54) is 4.90 Å². The Balaban J connectivity index is 2.48. The third-order valence-electron chi connectivity index (χ3n) is 2.40. The van der Waals surface area contributed by atoms with Crippen LogP contribution in [0.3, 0.4) is 0 Å². The summed E-state index contributed by atoms with van der Waals surface area (Å²) >= 11 is 5.29. The van der Waals surface area contributed by atoms with Crippen LogP contribution in [0.15, 0.2) is 60.7 Å². The Morgan fingerprint density at radius 1 is 0.778 bits per heavy atom. The molecule has 1 amide bonds. The zero-order chi connectivity index (χ0) is 13.0. The third-order valence-corrected chi connectivity index (χ3v) is 2.56. The fraction of sp³-hybridized carbons (Fsp3) is 0. The molecule has 3 nitrogen and oxygen atoms in total. The first-order valence-electron chi connectivity index (χ1n) is 5.34. The minimum atomic E-state index is -1.01. The lowest BCUT2D eigenvalue weighted by Crippen LogP contribution is -2.30. The molecule has 0 spiro atoms. The molecule has 4 heteroatoms. The number of nitrogens with zero attached hydrogens (tertiary/aromatic N) is 1. The quantitative estimate of drug-likeness (QED) is 0.627. The fourth-order valence-electron chi connectivity index (χ4n) is 1.63. The maximum atomic E-state index is 11.9. The summed E-state index contributed by atoms with van der Waals surface area (Å²) < 4.78 is 0. The largest absolute Gasteiger partial charge is 0.315 e. The minimum absolute atomic E-state index is 0.600. The van der Waals surface area contributed by atoms with E-state index in [9.17, 15) is 9.59 Å². The van der Waals surface area contributed by atoms with Crippen LogP contribution in [-0.2, 0) is 9.59 Å². The smallest absolute Gasteiger partial charge is 0.273 e. The van der Waals surface area contributed by atoms with Gasteiger partial charge in [-0.15, -0.1) is 0 Å². The number of carbonyl (C=O) groups is 2. The summed E-state index contributed by atoms with van der Waals surface area (Å²) in [6, 6.07) is 17.8. The molecule has 0 saturated carbocycles. The van der Waals surface area contributed by atoms with Gasteiger partial charge in [-0.2, -0.15) is 0 Å². The number of hydrogen-bond donors (Lipinski definition) is 0. The summed E-state index contributed by atoms with van der Waals surface area (Å²) in [7, 11) is 0. The highest BCUT2D eigenvalue weighted by Gasteiger charge is 2.22. The zero-order valence-corrected chi connectivity index (χ0v) is 10.2. The van der Waals surface area contributed by atoms with Crippen molar-refractivity contribution in [1.29, 1.82) is 0 Å². The van der Waals surface area contributed by atoms with Crippen molar-refractivity contribution in [2.45, 2.75) is 0 Å². The van der Waals surface area contributed by atoms with Gasteiger partial charge in [-0.05, 0) is 35.9 Å². The number of halogens is 1. The van der Waals surface area contributed by atoms with E-state index in [1.807, 2.05) is 12.1 Å². The lowest BCUT2D eigenvalue weighted by molar-refractivity contribution is -0.131. The molecule has 90 valence electrons. The van der Waals surface area contributed by atoms with E-state index in [1.54, 1.807) is 48.5 Å². The highest BCUT2D eigenvalue weighted by molar-refractivity contribution is 6.82. The Labute approximate surface area is 110 Å². The number of rotatable bonds is 3. The van der Waals surface area contributed by atoms with Crippen LogP contribution in [0, 0.1) is 0 Å². The van der Waals surface area contributed by atoms with Gasteiger partial charge in [-0.3, -0.25) is 14.5 Å². The van der Waals surface area contributed by atoms with Gasteiger partial charge in [0.2, 0.25) is 0 Å². The molecule has 0 fully saturated rings. The molecule has 0 atom stereocenters. The normalized spacial score (nSPS) is 9.83. The summed E-state index contributed by atoms with van der Waals surface area (Å²) in [5.74, 6) is -0.769. The molecule has 2 aromatic carbocycles. The van der Waals surface area contributed by atoms with E-state index in [4.69, 9.17) is 11.6 Å². The lowest BCUT2D eigenvalue weighted by atomic mass is 10.2. The second kappa shape index (κ2) is 5.47. The molecular formula is C14H10ClNO2. The number of carbonyl (C=O) groups excluding carboxylic acids is 2. The van der Waals surface area contributed by atoms with E-state index < -0.39 is 11.1 Å². The van der Waals surface area contributed by atoms with Crippen molar-refractivity contribution < 1.29 is 9.59 Å². The Bertz CT molecular complexity index is 515. The van der Waals surface area contributed by atoms with Crippen LogP contribution in [0.25, 0.3) is 0 Å². The monoisotopic (exact) mass is 259 g/mol. The average Bonchev–Trinajstić information content (AvgIpc) is 2.41. The highest BCUT2D eigenvalue weighted by atomic mass is 35.5. The summed E-state index contributed by atoms with van der Waals surface area (Å²) in [5, 5.41) is -1.01. The van der Waals surface area contributed by atoms with Crippen molar-refractivity contribution in [3.8, 4) is 0 Å². The van der Waals surface area contributed by atoms with Crippen molar-refractivity contribution >= 4 is 34.1 Å². The van der Waals surface area contributed by atoms with Crippen LogP contribution in [0.5, 0.6) is 0 Å². The first kappa shape index (κ1) is 12.3. The predicted octanol–water partition coefficient (Wildman–Crippen LogP) is 3.12. The molecule has 0 heterocycles. The molecular weight excluding hydrogens is 250 g/mol. The molecule has 0 saturated heterocycles. The molecule has 0 aromatic heterocycles. The molecule has 0 bridgehead atoms. The Morgan fingerprint density at radius 3 is 1.50 bits per heavy atom. The Morgan fingerprint density at radius 2 is 1.17 bits per heavy atom. The van der Waals surface area contributed by atoms with Gasteiger partial charge in [-0.1, -0.05) is 36.4 Å². The molecule has 0 aliphatic rings. The number of hydrogen-bond acceptors (Lipinski definition) is 2. The second-order valence-electron chi connectivity index (χ2n) is 3.59. The van der Waals surface area contributed by atoms with Gasteiger partial charge in [0.1, 0.15) is 0 Å². The van der Waals surface area contributed by atoms with Crippen LogP contribution in [0.1, 0.15) is 0 Å². The number of anilines is 2. The average molecular weight is 260 g/mol. The van der Waals surface area contributed by atoms with Gasteiger partial charge in [0.15, 0.2) is 0 Å². The standard InChI is InChI=1S/C14H10ClNO2/c15-13(17)14(18)16(11-7-3-1-4-8-11)12-9-5-2-6-10-12/h1-10H. The highest BCUT2D eigenvalue weighted by Crippen LogP contribution is 2.25. The molecule has 0 aliphatic heterocycles. The van der Waals surface area contributed by atoms with Crippen LogP contribution in [0.4, 0.5) is 11.4 Å². The number of para-hydroxylation sites is 2. The van der Waals surface area contributed by atoms with E-state index in [2.05, 4.69) is 0 Å². The molecule has 2 aromatic rings. The van der Waals surface area contributed by atoms with Crippen molar-refractivity contribution in [3.05, 3.63) is 60.7 Å². The van der Waals surface area contributed by atoms with E-state index in [0.29, 0.717) is 11.4 Å². The van der Waals surface area contributed by atoms with E-state index in [-0.39, 0.29) is 0 Å². The topological polar surface area (TPSA) is 37.4 Å². The third kappa shape index (κ3) is 2.57. The van der Waals surface area contributed by atoms with Crippen LogP contribution >= 0.6 is 11.6 Å². The number of amides is 1. The maximum Gasteiger partial charge on any atom is 0.315 e. The first-order chi connectivity index (χ1) is 8.70. The van der Waals surface area contributed by atoms with Gasteiger partial charge >= 0.3 is 11.1 Å². The van der Waals surface area contributed by atoms with Crippen molar-refractivity contribution in [3.63, 3.8) is 0 Å². The summed E-state index contributed by atoms with van der Waals surface area (Å²) in [6.45, 7) is 0. The van der Waals surface area contributed by atoms with Gasteiger partial charge in [0, 0.05) is 11.4 Å². The summed E-state index contributed by atoms with van der Waals surface area (Å²) in [5.41, 5.74) is 1.20.